The lowest BCUT2D eigenvalue weighted by Crippen LogP contribution is -2.43. The van der Waals surface area contributed by atoms with Crippen LogP contribution >= 0.6 is 11.8 Å². The summed E-state index contributed by atoms with van der Waals surface area (Å²) in [6, 6.07) is 0.330. The van der Waals surface area contributed by atoms with Crippen molar-refractivity contribution in [2.24, 2.45) is 0 Å². The zero-order valence-corrected chi connectivity index (χ0v) is 19.8. The highest BCUT2D eigenvalue weighted by Gasteiger charge is 2.24. The van der Waals surface area contributed by atoms with Gasteiger partial charge in [0.05, 0.1) is 5.75 Å². The first-order valence-corrected chi connectivity index (χ1v) is 12.1. The smallest absolute Gasteiger partial charge is 0.337 e. The van der Waals surface area contributed by atoms with E-state index in [9.17, 15) is 9.59 Å². The van der Waals surface area contributed by atoms with E-state index < -0.39 is 0 Å². The molecular weight excluding hydrogens is 384 g/mol. The van der Waals surface area contributed by atoms with Gasteiger partial charge >= 0.3 is 5.69 Å². The molecular formula is C22H38N4O2S. The summed E-state index contributed by atoms with van der Waals surface area (Å²) in [7, 11) is 0. The van der Waals surface area contributed by atoms with Crippen LogP contribution in [0.3, 0.4) is 0 Å². The van der Waals surface area contributed by atoms with Gasteiger partial charge in [0, 0.05) is 36.4 Å². The van der Waals surface area contributed by atoms with Gasteiger partial charge in [0.15, 0.2) is 0 Å². The minimum Gasteiger partial charge on any atom is -0.337 e. The van der Waals surface area contributed by atoms with Crippen LogP contribution in [0.5, 0.6) is 0 Å². The van der Waals surface area contributed by atoms with Crippen molar-refractivity contribution in [1.29, 1.82) is 0 Å². The Balaban J connectivity index is 2.22. The SMILES string of the molecule is CCN(CC)CCn1c2c(c(SCC(=O)N(C(C)C)C(C)C)nc1=O)CCCC2. The molecule has 1 aliphatic rings. The average Bonchev–Trinajstić information content (AvgIpc) is 2.68. The van der Waals surface area contributed by atoms with Crippen molar-refractivity contribution < 1.29 is 4.79 Å². The minimum absolute atomic E-state index is 0.108. The lowest BCUT2D eigenvalue weighted by Gasteiger charge is -2.31. The number of aromatic nitrogens is 2. The maximum absolute atomic E-state index is 12.8. The molecule has 2 rings (SSSR count). The first-order valence-electron chi connectivity index (χ1n) is 11.1. The van der Waals surface area contributed by atoms with Crippen LogP contribution in [-0.4, -0.2) is 62.7 Å². The number of hydrogen-bond acceptors (Lipinski definition) is 5. The molecule has 1 amide bonds. The van der Waals surface area contributed by atoms with E-state index in [2.05, 4.69) is 23.7 Å². The first-order chi connectivity index (χ1) is 13.8. The van der Waals surface area contributed by atoms with Crippen molar-refractivity contribution in [1.82, 2.24) is 19.4 Å². The Morgan fingerprint density at radius 1 is 1.10 bits per heavy atom. The van der Waals surface area contributed by atoms with Crippen LogP contribution in [0, 0.1) is 0 Å². The Morgan fingerprint density at radius 3 is 2.31 bits per heavy atom. The number of carbonyl (C=O) groups is 1. The molecule has 1 aliphatic carbocycles. The van der Waals surface area contributed by atoms with Gasteiger partial charge in [-0.2, -0.15) is 4.98 Å². The van der Waals surface area contributed by atoms with E-state index in [4.69, 9.17) is 0 Å². The summed E-state index contributed by atoms with van der Waals surface area (Å²) in [6.07, 6.45) is 4.10. The highest BCUT2D eigenvalue weighted by molar-refractivity contribution is 7.99. The summed E-state index contributed by atoms with van der Waals surface area (Å²) < 4.78 is 1.88. The molecule has 164 valence electrons. The minimum atomic E-state index is -0.169. The second-order valence-corrected chi connectivity index (χ2v) is 9.25. The standard InChI is InChI=1S/C22H38N4O2S/c1-7-24(8-2)13-14-25-19-12-10-9-11-18(19)21(23-22(25)28)29-15-20(27)26(16(3)4)17(5)6/h16-17H,7-15H2,1-6H3. The quantitative estimate of drug-likeness (QED) is 0.428. The summed E-state index contributed by atoms with van der Waals surface area (Å²) in [4.78, 5) is 34.2. The second kappa shape index (κ2) is 11.2. The van der Waals surface area contributed by atoms with E-state index in [-0.39, 0.29) is 23.7 Å². The lowest BCUT2D eigenvalue weighted by molar-refractivity contribution is -0.131. The molecule has 0 atom stereocenters. The van der Waals surface area contributed by atoms with Crippen LogP contribution in [0.15, 0.2) is 9.82 Å². The molecule has 6 nitrogen and oxygen atoms in total. The van der Waals surface area contributed by atoms with Crippen molar-refractivity contribution in [3.8, 4) is 0 Å². The molecule has 0 aliphatic heterocycles. The number of fused-ring (bicyclic) bond motifs is 1. The Kier molecular flexibility index (Phi) is 9.21. The van der Waals surface area contributed by atoms with Crippen LogP contribution in [0.1, 0.15) is 65.6 Å². The third-order valence-corrected chi connectivity index (χ3v) is 6.72. The predicted molar refractivity (Wildman–Crippen MR) is 121 cm³/mol. The van der Waals surface area contributed by atoms with Gasteiger partial charge in [-0.05, 0) is 66.5 Å². The molecule has 0 bridgehead atoms. The number of carbonyl (C=O) groups excluding carboxylic acids is 1. The Labute approximate surface area is 180 Å². The molecule has 7 heteroatoms. The number of amides is 1. The van der Waals surface area contributed by atoms with Crippen molar-refractivity contribution in [2.45, 2.75) is 90.9 Å². The van der Waals surface area contributed by atoms with Gasteiger partial charge in [-0.15, -0.1) is 0 Å². The molecule has 1 aromatic rings. The Bertz CT molecular complexity index is 733. The fourth-order valence-corrected chi connectivity index (χ4v) is 5.20. The first kappa shape index (κ1) is 23.9. The van der Waals surface area contributed by atoms with Crippen LogP contribution < -0.4 is 5.69 Å². The monoisotopic (exact) mass is 422 g/mol. The highest BCUT2D eigenvalue weighted by Crippen LogP contribution is 2.29. The van der Waals surface area contributed by atoms with Crippen molar-refractivity contribution >= 4 is 17.7 Å². The zero-order chi connectivity index (χ0) is 21.6. The van der Waals surface area contributed by atoms with Crippen molar-refractivity contribution in [2.75, 3.05) is 25.4 Å². The van der Waals surface area contributed by atoms with Gasteiger partial charge in [0.1, 0.15) is 5.03 Å². The molecule has 0 saturated heterocycles. The van der Waals surface area contributed by atoms with Gasteiger partial charge in [-0.25, -0.2) is 4.79 Å². The van der Waals surface area contributed by atoms with Gasteiger partial charge in [0.2, 0.25) is 5.91 Å². The molecule has 0 fully saturated rings. The van der Waals surface area contributed by atoms with Gasteiger partial charge in [-0.3, -0.25) is 9.36 Å². The van der Waals surface area contributed by atoms with E-state index >= 15 is 0 Å². The maximum Gasteiger partial charge on any atom is 0.348 e. The van der Waals surface area contributed by atoms with Crippen LogP contribution in [-0.2, 0) is 24.2 Å². The molecule has 0 radical (unpaired) electrons. The number of nitrogens with zero attached hydrogens (tertiary/aromatic N) is 4. The largest absolute Gasteiger partial charge is 0.348 e. The average molecular weight is 423 g/mol. The summed E-state index contributed by atoms with van der Waals surface area (Å²) >= 11 is 1.44. The molecule has 0 saturated carbocycles. The second-order valence-electron chi connectivity index (χ2n) is 8.29. The highest BCUT2D eigenvalue weighted by atomic mass is 32.2. The van der Waals surface area contributed by atoms with Gasteiger partial charge in [-0.1, -0.05) is 25.6 Å². The summed E-state index contributed by atoms with van der Waals surface area (Å²) in [5, 5.41) is 0.768. The number of likely N-dealkylation sites (N-methyl/N-ethyl adjacent to an activating group) is 1. The summed E-state index contributed by atoms with van der Waals surface area (Å²) in [5.41, 5.74) is 2.16. The molecule has 0 N–H and O–H groups in total. The topological polar surface area (TPSA) is 58.4 Å². The third-order valence-electron chi connectivity index (χ3n) is 5.72. The molecule has 1 heterocycles. The van der Waals surface area contributed by atoms with Crippen molar-refractivity contribution in [3.63, 3.8) is 0 Å². The van der Waals surface area contributed by atoms with Crippen LogP contribution in [0.4, 0.5) is 0 Å². The summed E-state index contributed by atoms with van der Waals surface area (Å²) in [6.45, 7) is 16.0. The number of rotatable bonds is 10. The van der Waals surface area contributed by atoms with Gasteiger partial charge < -0.3 is 9.80 Å². The third kappa shape index (κ3) is 6.07. The van der Waals surface area contributed by atoms with E-state index in [0.717, 1.165) is 56.0 Å². The Morgan fingerprint density at radius 2 is 1.72 bits per heavy atom. The van der Waals surface area contributed by atoms with Crippen LogP contribution in [0.2, 0.25) is 0 Å². The van der Waals surface area contributed by atoms with E-state index in [1.54, 1.807) is 0 Å². The number of hydrogen-bond donors (Lipinski definition) is 0. The zero-order valence-electron chi connectivity index (χ0n) is 19.0. The molecule has 0 aromatic carbocycles. The fraction of sp³-hybridized carbons (Fsp3) is 0.773. The molecule has 29 heavy (non-hydrogen) atoms. The molecule has 1 aromatic heterocycles. The molecule has 0 unspecified atom stereocenters. The lowest BCUT2D eigenvalue weighted by atomic mass is 9.97. The normalized spacial score (nSPS) is 14.0. The van der Waals surface area contributed by atoms with E-state index in [1.807, 2.05) is 37.2 Å². The van der Waals surface area contributed by atoms with Crippen molar-refractivity contribution in [3.05, 3.63) is 21.7 Å². The molecule has 0 spiro atoms. The van der Waals surface area contributed by atoms with Gasteiger partial charge in [0.25, 0.3) is 0 Å². The Hall–Kier alpha value is -1.34. The fourth-order valence-electron chi connectivity index (χ4n) is 4.26. The predicted octanol–water partition coefficient (Wildman–Crippen LogP) is 3.20. The van der Waals surface area contributed by atoms with E-state index in [0.29, 0.717) is 12.3 Å². The van der Waals surface area contributed by atoms with E-state index in [1.165, 1.54) is 17.3 Å². The maximum atomic E-state index is 12.8. The summed E-state index contributed by atoms with van der Waals surface area (Å²) in [5.74, 6) is 0.440. The van der Waals surface area contributed by atoms with Crippen LogP contribution in [0.25, 0.3) is 0 Å². The number of thioether (sulfide) groups is 1.